The Bertz CT molecular complexity index is 670. The summed E-state index contributed by atoms with van der Waals surface area (Å²) >= 11 is 7.59. The largest absolute Gasteiger partial charge is 0.379 e. The summed E-state index contributed by atoms with van der Waals surface area (Å²) < 4.78 is 5.60. The van der Waals surface area contributed by atoms with E-state index < -0.39 is 0 Å². The van der Waals surface area contributed by atoms with Crippen molar-refractivity contribution in [3.63, 3.8) is 0 Å². The van der Waals surface area contributed by atoms with Crippen molar-refractivity contribution < 1.29 is 4.74 Å². The number of amidine groups is 1. The van der Waals surface area contributed by atoms with E-state index in [1.807, 2.05) is 42.5 Å². The fraction of sp³-hybridized carbons (Fsp3) is 0.316. The lowest BCUT2D eigenvalue weighted by molar-refractivity contribution is 0.118. The highest BCUT2D eigenvalue weighted by atomic mass is 35.5. The van der Waals surface area contributed by atoms with Gasteiger partial charge in [-0.3, -0.25) is 4.99 Å². The second kappa shape index (κ2) is 8.56. The standard InChI is InChI=1S/C19H21ClN2OS/c20-16-10-8-15(9-11-16)18(14-5-2-1-3-6-14)24-19(21)22-13-17-7-4-12-23-17/h1-3,5-6,8-11,17-18H,4,7,12-13H2,(H2,21,22)/t17-,18-/m1/s1. The first-order valence-corrected chi connectivity index (χ1v) is 9.37. The van der Waals surface area contributed by atoms with Gasteiger partial charge in [0.25, 0.3) is 0 Å². The summed E-state index contributed by atoms with van der Waals surface area (Å²) in [6.07, 6.45) is 2.40. The first kappa shape index (κ1) is 17.3. The molecule has 3 rings (SSSR count). The van der Waals surface area contributed by atoms with E-state index in [1.54, 1.807) is 11.8 Å². The third kappa shape index (κ3) is 4.76. The van der Waals surface area contributed by atoms with Crippen LogP contribution in [0.2, 0.25) is 5.02 Å². The van der Waals surface area contributed by atoms with Crippen LogP contribution in [0.1, 0.15) is 29.2 Å². The van der Waals surface area contributed by atoms with Crippen LogP contribution in [0.25, 0.3) is 0 Å². The van der Waals surface area contributed by atoms with Crippen molar-refractivity contribution >= 4 is 28.5 Å². The van der Waals surface area contributed by atoms with Gasteiger partial charge in [-0.2, -0.15) is 0 Å². The number of nitrogens with zero attached hydrogens (tertiary/aromatic N) is 1. The van der Waals surface area contributed by atoms with Crippen LogP contribution in [0.5, 0.6) is 0 Å². The minimum Gasteiger partial charge on any atom is -0.379 e. The Morgan fingerprint density at radius 1 is 1.17 bits per heavy atom. The van der Waals surface area contributed by atoms with Gasteiger partial charge in [0.15, 0.2) is 5.17 Å². The van der Waals surface area contributed by atoms with Gasteiger partial charge in [0.2, 0.25) is 0 Å². The van der Waals surface area contributed by atoms with Crippen molar-refractivity contribution in [2.75, 3.05) is 13.2 Å². The Kier molecular flexibility index (Phi) is 6.18. The molecule has 0 spiro atoms. The number of hydrogen-bond acceptors (Lipinski definition) is 3. The SMILES string of the molecule is NC(=NC[C@H]1CCCO1)S[C@H](c1ccccc1)c1ccc(Cl)cc1. The van der Waals surface area contributed by atoms with E-state index in [9.17, 15) is 0 Å². The van der Waals surface area contributed by atoms with Crippen molar-refractivity contribution in [1.29, 1.82) is 0 Å². The summed E-state index contributed by atoms with van der Waals surface area (Å²) in [5.41, 5.74) is 8.54. The maximum absolute atomic E-state index is 6.19. The van der Waals surface area contributed by atoms with Gasteiger partial charge in [0.05, 0.1) is 17.9 Å². The molecule has 1 aliphatic heterocycles. The third-order valence-corrected chi connectivity index (χ3v) is 5.39. The summed E-state index contributed by atoms with van der Waals surface area (Å²) in [6.45, 7) is 1.48. The summed E-state index contributed by atoms with van der Waals surface area (Å²) in [5, 5.41) is 1.42. The molecular weight excluding hydrogens is 340 g/mol. The lowest BCUT2D eigenvalue weighted by Gasteiger charge is -2.17. The molecule has 5 heteroatoms. The van der Waals surface area contributed by atoms with Crippen molar-refractivity contribution in [1.82, 2.24) is 0 Å². The maximum Gasteiger partial charge on any atom is 0.154 e. The highest BCUT2D eigenvalue weighted by molar-refractivity contribution is 8.14. The molecule has 0 saturated carbocycles. The van der Waals surface area contributed by atoms with Crippen molar-refractivity contribution in [3.8, 4) is 0 Å². The van der Waals surface area contributed by atoms with Gasteiger partial charge in [0, 0.05) is 11.6 Å². The summed E-state index contributed by atoms with van der Waals surface area (Å²) in [4.78, 5) is 4.52. The molecule has 126 valence electrons. The molecule has 0 bridgehead atoms. The van der Waals surface area contributed by atoms with Crippen LogP contribution in [0.4, 0.5) is 0 Å². The molecule has 1 saturated heterocycles. The van der Waals surface area contributed by atoms with E-state index in [0.29, 0.717) is 11.7 Å². The van der Waals surface area contributed by atoms with Crippen LogP contribution in [0, 0.1) is 0 Å². The van der Waals surface area contributed by atoms with Gasteiger partial charge in [-0.1, -0.05) is 65.8 Å². The minimum absolute atomic E-state index is 0.0942. The molecule has 2 aromatic rings. The minimum atomic E-state index is 0.0942. The van der Waals surface area contributed by atoms with Gasteiger partial charge >= 0.3 is 0 Å². The van der Waals surface area contributed by atoms with Crippen molar-refractivity contribution in [3.05, 3.63) is 70.7 Å². The van der Waals surface area contributed by atoms with Gasteiger partial charge < -0.3 is 10.5 Å². The van der Waals surface area contributed by atoms with Crippen molar-refractivity contribution in [2.45, 2.75) is 24.2 Å². The predicted molar refractivity (Wildman–Crippen MR) is 103 cm³/mol. The fourth-order valence-electron chi connectivity index (χ4n) is 2.73. The monoisotopic (exact) mass is 360 g/mol. The summed E-state index contributed by atoms with van der Waals surface area (Å²) in [6, 6.07) is 18.2. The van der Waals surface area contributed by atoms with Gasteiger partial charge in [-0.05, 0) is 36.1 Å². The lowest BCUT2D eigenvalue weighted by Crippen LogP contribution is -2.16. The summed E-state index contributed by atoms with van der Waals surface area (Å²) in [7, 11) is 0. The molecule has 1 heterocycles. The van der Waals surface area contributed by atoms with Gasteiger partial charge in [-0.25, -0.2) is 0 Å². The lowest BCUT2D eigenvalue weighted by atomic mass is 10.0. The van der Waals surface area contributed by atoms with E-state index in [1.165, 1.54) is 5.56 Å². The van der Waals surface area contributed by atoms with Crippen LogP contribution in [0.15, 0.2) is 59.6 Å². The van der Waals surface area contributed by atoms with E-state index in [2.05, 4.69) is 17.1 Å². The average Bonchev–Trinajstić information content (AvgIpc) is 3.13. The number of aliphatic imine (C=N–C) groups is 1. The molecule has 0 aliphatic carbocycles. The second-order valence-corrected chi connectivity index (χ2v) is 7.34. The zero-order chi connectivity index (χ0) is 16.8. The first-order valence-electron chi connectivity index (χ1n) is 8.11. The number of benzene rings is 2. The highest BCUT2D eigenvalue weighted by Crippen LogP contribution is 2.36. The molecular formula is C19H21ClN2OS. The first-order chi connectivity index (χ1) is 11.7. The second-order valence-electron chi connectivity index (χ2n) is 5.77. The smallest absolute Gasteiger partial charge is 0.154 e. The van der Waals surface area contributed by atoms with Crippen LogP contribution < -0.4 is 5.73 Å². The van der Waals surface area contributed by atoms with Crippen LogP contribution in [0.3, 0.4) is 0 Å². The Hall–Kier alpha value is -1.49. The number of ether oxygens (including phenoxy) is 1. The zero-order valence-corrected chi connectivity index (χ0v) is 15.0. The van der Waals surface area contributed by atoms with Crippen LogP contribution >= 0.6 is 23.4 Å². The normalized spacial score (nSPS) is 19.4. The number of halogens is 1. The molecule has 2 aromatic carbocycles. The quantitative estimate of drug-likeness (QED) is 0.623. The maximum atomic E-state index is 6.19. The highest BCUT2D eigenvalue weighted by Gasteiger charge is 2.18. The molecule has 0 radical (unpaired) electrons. The Morgan fingerprint density at radius 2 is 1.88 bits per heavy atom. The molecule has 0 unspecified atom stereocenters. The van der Waals surface area contributed by atoms with E-state index in [0.717, 1.165) is 30.0 Å². The molecule has 3 nitrogen and oxygen atoms in total. The molecule has 1 aliphatic rings. The molecule has 24 heavy (non-hydrogen) atoms. The van der Waals surface area contributed by atoms with Crippen LogP contribution in [-0.2, 0) is 4.74 Å². The Balaban J connectivity index is 1.76. The predicted octanol–water partition coefficient (Wildman–Crippen LogP) is 4.66. The van der Waals surface area contributed by atoms with E-state index in [4.69, 9.17) is 22.1 Å². The van der Waals surface area contributed by atoms with Crippen molar-refractivity contribution in [2.24, 2.45) is 10.7 Å². The van der Waals surface area contributed by atoms with Gasteiger partial charge in [-0.15, -0.1) is 0 Å². The topological polar surface area (TPSA) is 47.6 Å². The third-order valence-electron chi connectivity index (χ3n) is 3.99. The zero-order valence-electron chi connectivity index (χ0n) is 13.4. The molecule has 2 N–H and O–H groups in total. The fourth-order valence-corrected chi connectivity index (χ4v) is 3.84. The number of nitrogens with two attached hydrogens (primary N) is 1. The molecule has 0 amide bonds. The van der Waals surface area contributed by atoms with Crippen LogP contribution in [-0.4, -0.2) is 24.4 Å². The number of rotatable bonds is 5. The average molecular weight is 361 g/mol. The molecule has 0 aromatic heterocycles. The number of thioether (sulfide) groups is 1. The number of hydrogen-bond donors (Lipinski definition) is 1. The Labute approximate surface area is 152 Å². The van der Waals surface area contributed by atoms with Gasteiger partial charge in [0.1, 0.15) is 0 Å². The Morgan fingerprint density at radius 3 is 2.54 bits per heavy atom. The molecule has 2 atom stereocenters. The van der Waals surface area contributed by atoms with E-state index in [-0.39, 0.29) is 11.4 Å². The van der Waals surface area contributed by atoms with E-state index >= 15 is 0 Å². The summed E-state index contributed by atoms with van der Waals surface area (Å²) in [5.74, 6) is 0. The molecule has 1 fully saturated rings.